The van der Waals surface area contributed by atoms with Crippen molar-refractivity contribution in [2.24, 2.45) is 4.99 Å². The van der Waals surface area contributed by atoms with Crippen molar-refractivity contribution >= 4 is 5.96 Å². The number of aliphatic hydroxyl groups excluding tert-OH is 1. The van der Waals surface area contributed by atoms with Gasteiger partial charge in [-0.05, 0) is 18.9 Å². The molecule has 2 heterocycles. The maximum Gasteiger partial charge on any atom is 0.212 e. The van der Waals surface area contributed by atoms with Crippen molar-refractivity contribution in [1.82, 2.24) is 15.2 Å². The van der Waals surface area contributed by atoms with Gasteiger partial charge in [0.2, 0.25) is 5.88 Å². The Labute approximate surface area is 119 Å². The van der Waals surface area contributed by atoms with Gasteiger partial charge in [0.15, 0.2) is 5.96 Å². The van der Waals surface area contributed by atoms with Crippen LogP contribution in [-0.2, 0) is 6.54 Å². The van der Waals surface area contributed by atoms with Crippen LogP contribution >= 0.6 is 0 Å². The van der Waals surface area contributed by atoms with Crippen LogP contribution in [0, 0.1) is 0 Å². The molecular weight excluding hydrogens is 256 g/mol. The number of aromatic nitrogens is 1. The van der Waals surface area contributed by atoms with Crippen molar-refractivity contribution in [3.8, 4) is 5.88 Å². The molecule has 1 fully saturated rings. The summed E-state index contributed by atoms with van der Waals surface area (Å²) in [6.07, 6.45) is 2.32. The van der Waals surface area contributed by atoms with E-state index in [1.165, 1.54) is 0 Å². The Bertz CT molecular complexity index is 447. The van der Waals surface area contributed by atoms with E-state index in [9.17, 15) is 5.11 Å². The highest BCUT2D eigenvalue weighted by molar-refractivity contribution is 5.80. The molecule has 6 nitrogen and oxygen atoms in total. The second-order valence-electron chi connectivity index (χ2n) is 4.77. The summed E-state index contributed by atoms with van der Waals surface area (Å²) in [5.74, 6) is 1.45. The first-order chi connectivity index (χ1) is 9.72. The molecule has 1 aliphatic rings. The molecule has 110 valence electrons. The highest BCUT2D eigenvalue weighted by Gasteiger charge is 2.22. The normalized spacial score (nSPS) is 19.2. The molecule has 1 aromatic rings. The molecule has 0 spiro atoms. The van der Waals surface area contributed by atoms with Gasteiger partial charge < -0.3 is 20.1 Å². The summed E-state index contributed by atoms with van der Waals surface area (Å²) in [6.45, 7) is 4.90. The Balaban J connectivity index is 2.00. The van der Waals surface area contributed by atoms with Crippen molar-refractivity contribution in [2.45, 2.75) is 26.0 Å². The van der Waals surface area contributed by atoms with Gasteiger partial charge in [0.05, 0.1) is 19.8 Å². The van der Waals surface area contributed by atoms with Gasteiger partial charge in [-0.1, -0.05) is 6.07 Å². The van der Waals surface area contributed by atoms with Crippen LogP contribution in [0.3, 0.4) is 0 Å². The van der Waals surface area contributed by atoms with Crippen LogP contribution in [-0.4, -0.2) is 53.8 Å². The van der Waals surface area contributed by atoms with Crippen LogP contribution in [0.5, 0.6) is 5.88 Å². The van der Waals surface area contributed by atoms with E-state index in [0.717, 1.165) is 31.0 Å². The van der Waals surface area contributed by atoms with E-state index in [4.69, 9.17) is 4.74 Å². The van der Waals surface area contributed by atoms with Gasteiger partial charge in [-0.15, -0.1) is 0 Å². The van der Waals surface area contributed by atoms with E-state index in [1.54, 1.807) is 13.3 Å². The van der Waals surface area contributed by atoms with Crippen LogP contribution < -0.4 is 10.1 Å². The monoisotopic (exact) mass is 278 g/mol. The number of hydrogen-bond donors (Lipinski definition) is 2. The fourth-order valence-corrected chi connectivity index (χ4v) is 2.15. The van der Waals surface area contributed by atoms with Crippen LogP contribution in [0.25, 0.3) is 0 Å². The molecule has 0 bridgehead atoms. The minimum atomic E-state index is -0.249. The van der Waals surface area contributed by atoms with Crippen molar-refractivity contribution in [1.29, 1.82) is 0 Å². The minimum absolute atomic E-state index is 0.249. The first kappa shape index (κ1) is 14.6. The number of aliphatic imine (C=N–C) groups is 1. The predicted molar refractivity (Wildman–Crippen MR) is 77.8 cm³/mol. The molecule has 0 aliphatic carbocycles. The highest BCUT2D eigenvalue weighted by Crippen LogP contribution is 2.11. The number of aliphatic hydroxyl groups is 1. The lowest BCUT2D eigenvalue weighted by molar-refractivity contribution is 0.188. The highest BCUT2D eigenvalue weighted by atomic mass is 16.5. The zero-order valence-electron chi connectivity index (χ0n) is 12.0. The lowest BCUT2D eigenvalue weighted by atomic mass is 10.3. The maximum absolute atomic E-state index is 9.61. The van der Waals surface area contributed by atoms with Gasteiger partial charge in [0.1, 0.15) is 0 Å². The van der Waals surface area contributed by atoms with E-state index in [-0.39, 0.29) is 6.10 Å². The zero-order chi connectivity index (χ0) is 14.4. The molecule has 2 N–H and O–H groups in total. The van der Waals surface area contributed by atoms with Crippen molar-refractivity contribution < 1.29 is 9.84 Å². The fourth-order valence-electron chi connectivity index (χ4n) is 2.15. The van der Waals surface area contributed by atoms with Crippen LogP contribution in [0.1, 0.15) is 18.9 Å². The molecular formula is C14H22N4O2. The number of likely N-dealkylation sites (tertiary alicyclic amines) is 1. The number of methoxy groups -OCH3 is 1. The van der Waals surface area contributed by atoms with Gasteiger partial charge in [-0.3, -0.25) is 0 Å². The summed E-state index contributed by atoms with van der Waals surface area (Å²) >= 11 is 0. The molecule has 0 aromatic carbocycles. The number of ether oxygens (including phenoxy) is 1. The molecule has 0 amide bonds. The molecule has 2 rings (SSSR count). The van der Waals surface area contributed by atoms with Gasteiger partial charge in [-0.2, -0.15) is 0 Å². The summed E-state index contributed by atoms with van der Waals surface area (Å²) in [5.41, 5.74) is 1.03. The van der Waals surface area contributed by atoms with Gasteiger partial charge in [-0.25, -0.2) is 9.98 Å². The molecule has 1 atom stereocenters. The number of pyridine rings is 1. The Kier molecular flexibility index (Phi) is 5.17. The third-order valence-electron chi connectivity index (χ3n) is 3.22. The first-order valence-corrected chi connectivity index (χ1v) is 6.93. The third kappa shape index (κ3) is 3.84. The summed E-state index contributed by atoms with van der Waals surface area (Å²) in [6, 6.07) is 3.79. The van der Waals surface area contributed by atoms with E-state index >= 15 is 0 Å². The molecule has 6 heteroatoms. The smallest absolute Gasteiger partial charge is 0.212 e. The van der Waals surface area contributed by atoms with E-state index < -0.39 is 0 Å². The Morgan fingerprint density at radius 3 is 3.00 bits per heavy atom. The van der Waals surface area contributed by atoms with Crippen molar-refractivity contribution in [3.05, 3.63) is 23.9 Å². The Morgan fingerprint density at radius 2 is 2.45 bits per heavy atom. The van der Waals surface area contributed by atoms with Gasteiger partial charge >= 0.3 is 0 Å². The SMILES string of the molecule is CCNC(=NCc1ccc(OC)nc1)N1CC[C@@H](O)C1. The molecule has 1 saturated heterocycles. The van der Waals surface area contributed by atoms with E-state index in [1.807, 2.05) is 19.1 Å². The van der Waals surface area contributed by atoms with Crippen LogP contribution in [0.15, 0.2) is 23.3 Å². The van der Waals surface area contributed by atoms with Gasteiger partial charge in [0.25, 0.3) is 0 Å². The summed E-state index contributed by atoms with van der Waals surface area (Å²) < 4.78 is 5.03. The average Bonchev–Trinajstić information content (AvgIpc) is 2.90. The zero-order valence-corrected chi connectivity index (χ0v) is 12.0. The molecule has 20 heavy (non-hydrogen) atoms. The molecule has 0 radical (unpaired) electrons. The largest absolute Gasteiger partial charge is 0.481 e. The minimum Gasteiger partial charge on any atom is -0.481 e. The predicted octanol–water partition coefficient (Wildman–Crippen LogP) is 0.622. The second kappa shape index (κ2) is 7.09. The first-order valence-electron chi connectivity index (χ1n) is 6.93. The molecule has 0 unspecified atom stereocenters. The maximum atomic E-state index is 9.61. The quantitative estimate of drug-likeness (QED) is 0.624. The number of guanidine groups is 1. The summed E-state index contributed by atoms with van der Waals surface area (Å²) in [7, 11) is 1.60. The molecule has 0 saturated carbocycles. The molecule has 1 aromatic heterocycles. The fraction of sp³-hybridized carbons (Fsp3) is 0.571. The van der Waals surface area contributed by atoms with Crippen molar-refractivity contribution in [2.75, 3.05) is 26.7 Å². The average molecular weight is 278 g/mol. The van der Waals surface area contributed by atoms with Crippen LogP contribution in [0.4, 0.5) is 0 Å². The lowest BCUT2D eigenvalue weighted by Crippen LogP contribution is -2.40. The number of hydrogen-bond acceptors (Lipinski definition) is 4. The Morgan fingerprint density at radius 1 is 1.60 bits per heavy atom. The van der Waals surface area contributed by atoms with E-state index in [0.29, 0.717) is 19.0 Å². The number of β-amino-alcohol motifs (C(OH)–C–C–N with tert-alkyl or cyclic N) is 1. The van der Waals surface area contributed by atoms with Crippen molar-refractivity contribution in [3.63, 3.8) is 0 Å². The number of nitrogens with one attached hydrogen (secondary N) is 1. The Hall–Kier alpha value is -1.82. The number of nitrogens with zero attached hydrogens (tertiary/aromatic N) is 3. The second-order valence-corrected chi connectivity index (χ2v) is 4.77. The topological polar surface area (TPSA) is 70.0 Å². The number of rotatable bonds is 4. The summed E-state index contributed by atoms with van der Waals surface area (Å²) in [4.78, 5) is 10.8. The standard InChI is InChI=1S/C14H22N4O2/c1-3-15-14(18-7-6-12(19)10-18)17-9-11-4-5-13(20-2)16-8-11/h4-5,8,12,19H,3,6-7,9-10H2,1-2H3,(H,15,17)/t12-/m1/s1. The van der Waals surface area contributed by atoms with Gasteiger partial charge in [0, 0.05) is 31.9 Å². The van der Waals surface area contributed by atoms with E-state index in [2.05, 4.69) is 20.2 Å². The molecule has 1 aliphatic heterocycles. The van der Waals surface area contributed by atoms with Crippen LogP contribution in [0.2, 0.25) is 0 Å². The lowest BCUT2D eigenvalue weighted by Gasteiger charge is -2.20. The summed E-state index contributed by atoms with van der Waals surface area (Å²) in [5, 5.41) is 12.9. The third-order valence-corrected chi connectivity index (χ3v) is 3.22.